The van der Waals surface area contributed by atoms with E-state index in [0.29, 0.717) is 17.8 Å². The van der Waals surface area contributed by atoms with Crippen LogP contribution >= 0.6 is 0 Å². The number of carbonyl (C=O) groups excluding carboxylic acids is 1. The summed E-state index contributed by atoms with van der Waals surface area (Å²) < 4.78 is 0. The van der Waals surface area contributed by atoms with Gasteiger partial charge in [0.2, 0.25) is 0 Å². The molecule has 1 aliphatic heterocycles. The van der Waals surface area contributed by atoms with Crippen LogP contribution in [0.25, 0.3) is 0 Å². The van der Waals surface area contributed by atoms with Gasteiger partial charge in [-0.25, -0.2) is 0 Å². The molecule has 1 amide bonds. The summed E-state index contributed by atoms with van der Waals surface area (Å²) in [5, 5.41) is 0. The van der Waals surface area contributed by atoms with Crippen molar-refractivity contribution < 1.29 is 4.79 Å². The number of anilines is 1. The second-order valence-corrected chi connectivity index (χ2v) is 7.49. The van der Waals surface area contributed by atoms with Gasteiger partial charge >= 0.3 is 0 Å². The minimum Gasteiger partial charge on any atom is -0.398 e. The Morgan fingerprint density at radius 2 is 1.31 bits per heavy atom. The molecule has 0 atom stereocenters. The highest BCUT2D eigenvalue weighted by Crippen LogP contribution is 2.29. The Hall–Kier alpha value is -3.11. The highest BCUT2D eigenvalue weighted by Gasteiger charge is 2.27. The van der Waals surface area contributed by atoms with Gasteiger partial charge in [0.1, 0.15) is 0 Å². The highest BCUT2D eigenvalue weighted by atomic mass is 16.2. The minimum atomic E-state index is 0.0286. The number of amides is 1. The number of para-hydroxylation sites is 1. The van der Waals surface area contributed by atoms with Crippen LogP contribution in [-0.2, 0) is 0 Å². The lowest BCUT2D eigenvalue weighted by Crippen LogP contribution is -2.37. The molecule has 148 valence electrons. The molecular formula is C25H27N3O. The first kappa shape index (κ1) is 19.2. The number of hydrogen-bond acceptors (Lipinski definition) is 3. The number of hydrogen-bond donors (Lipinski definition) is 1. The molecule has 4 rings (SSSR count). The second kappa shape index (κ2) is 8.93. The second-order valence-electron chi connectivity index (χ2n) is 7.49. The fraction of sp³-hybridized carbons (Fsp3) is 0.240. The summed E-state index contributed by atoms with van der Waals surface area (Å²) in [6, 6.07) is 28.8. The molecule has 0 aliphatic carbocycles. The summed E-state index contributed by atoms with van der Waals surface area (Å²) in [4.78, 5) is 17.5. The molecule has 0 aromatic heterocycles. The van der Waals surface area contributed by atoms with E-state index in [4.69, 9.17) is 5.73 Å². The molecule has 1 saturated heterocycles. The summed E-state index contributed by atoms with van der Waals surface area (Å²) in [6.45, 7) is 3.22. The van der Waals surface area contributed by atoms with Crippen molar-refractivity contribution in [1.29, 1.82) is 0 Å². The van der Waals surface area contributed by atoms with Crippen LogP contribution in [0.15, 0.2) is 84.9 Å². The molecule has 2 N–H and O–H groups in total. The van der Waals surface area contributed by atoms with Crippen molar-refractivity contribution >= 4 is 11.6 Å². The topological polar surface area (TPSA) is 49.6 Å². The molecule has 0 spiro atoms. The number of carbonyl (C=O) groups is 1. The van der Waals surface area contributed by atoms with Crippen LogP contribution in [0.5, 0.6) is 0 Å². The minimum absolute atomic E-state index is 0.0286. The van der Waals surface area contributed by atoms with Crippen molar-refractivity contribution in [3.63, 3.8) is 0 Å². The van der Waals surface area contributed by atoms with E-state index < -0.39 is 0 Å². The monoisotopic (exact) mass is 385 g/mol. The average Bonchev–Trinajstić information content (AvgIpc) is 3.02. The van der Waals surface area contributed by atoms with E-state index >= 15 is 0 Å². The zero-order valence-electron chi connectivity index (χ0n) is 16.6. The number of rotatable bonds is 4. The summed E-state index contributed by atoms with van der Waals surface area (Å²) >= 11 is 0. The van der Waals surface area contributed by atoms with Crippen molar-refractivity contribution in [2.24, 2.45) is 0 Å². The molecule has 3 aromatic carbocycles. The molecule has 1 aliphatic rings. The SMILES string of the molecule is Nc1ccccc1C(=O)N1CCCN(C(c2ccccc2)c2ccccc2)CC1. The van der Waals surface area contributed by atoms with Crippen LogP contribution < -0.4 is 5.73 Å². The quantitative estimate of drug-likeness (QED) is 0.685. The third-order valence-corrected chi connectivity index (χ3v) is 5.60. The lowest BCUT2D eigenvalue weighted by Gasteiger charge is -2.31. The van der Waals surface area contributed by atoms with Gasteiger partial charge in [-0.05, 0) is 29.7 Å². The first-order valence-corrected chi connectivity index (χ1v) is 10.2. The van der Waals surface area contributed by atoms with Gasteiger partial charge in [-0.3, -0.25) is 9.69 Å². The van der Waals surface area contributed by atoms with Crippen LogP contribution in [0.3, 0.4) is 0 Å². The molecule has 4 heteroatoms. The number of nitrogen functional groups attached to an aromatic ring is 1. The van der Waals surface area contributed by atoms with Crippen molar-refractivity contribution in [3.05, 3.63) is 102 Å². The van der Waals surface area contributed by atoms with Gasteiger partial charge < -0.3 is 10.6 Å². The van der Waals surface area contributed by atoms with Crippen molar-refractivity contribution in [3.8, 4) is 0 Å². The maximum absolute atomic E-state index is 13.0. The van der Waals surface area contributed by atoms with E-state index in [1.54, 1.807) is 6.07 Å². The Bertz CT molecular complexity index is 903. The standard InChI is InChI=1S/C25H27N3O/c26-23-15-8-7-14-22(23)25(29)28-17-9-16-27(18-19-28)24(20-10-3-1-4-11-20)21-12-5-2-6-13-21/h1-8,10-15,24H,9,16-19,26H2. The highest BCUT2D eigenvalue weighted by molar-refractivity contribution is 5.99. The van der Waals surface area contributed by atoms with Gasteiger partial charge in [-0.15, -0.1) is 0 Å². The fourth-order valence-electron chi connectivity index (χ4n) is 4.15. The molecule has 0 unspecified atom stereocenters. The van der Waals surface area contributed by atoms with Crippen LogP contribution in [0.2, 0.25) is 0 Å². The molecule has 0 radical (unpaired) electrons. The maximum Gasteiger partial charge on any atom is 0.255 e. The summed E-state index contributed by atoms with van der Waals surface area (Å²) in [5.74, 6) is 0.0286. The van der Waals surface area contributed by atoms with E-state index in [0.717, 1.165) is 26.1 Å². The lowest BCUT2D eigenvalue weighted by molar-refractivity contribution is 0.0760. The van der Waals surface area contributed by atoms with Crippen molar-refractivity contribution in [2.75, 3.05) is 31.9 Å². The van der Waals surface area contributed by atoms with E-state index in [1.165, 1.54) is 11.1 Å². The summed E-state index contributed by atoms with van der Waals surface area (Å²) in [5.41, 5.74) is 9.75. The van der Waals surface area contributed by atoms with Gasteiger partial charge in [0.15, 0.2) is 0 Å². The van der Waals surface area contributed by atoms with Gasteiger partial charge in [-0.2, -0.15) is 0 Å². The third-order valence-electron chi connectivity index (χ3n) is 5.60. The summed E-state index contributed by atoms with van der Waals surface area (Å²) in [7, 11) is 0. The maximum atomic E-state index is 13.0. The Balaban J connectivity index is 1.56. The Morgan fingerprint density at radius 1 is 0.724 bits per heavy atom. The molecule has 1 fully saturated rings. The van der Waals surface area contributed by atoms with E-state index in [-0.39, 0.29) is 11.9 Å². The predicted octanol–water partition coefficient (Wildman–Crippen LogP) is 4.21. The lowest BCUT2D eigenvalue weighted by atomic mass is 9.97. The molecule has 4 nitrogen and oxygen atoms in total. The Kier molecular flexibility index (Phi) is 5.92. The van der Waals surface area contributed by atoms with Crippen molar-refractivity contribution in [1.82, 2.24) is 9.80 Å². The number of nitrogens with zero attached hydrogens (tertiary/aromatic N) is 2. The van der Waals surface area contributed by atoms with Gasteiger partial charge in [0.25, 0.3) is 5.91 Å². The van der Waals surface area contributed by atoms with Crippen molar-refractivity contribution in [2.45, 2.75) is 12.5 Å². The van der Waals surface area contributed by atoms with Crippen LogP contribution in [0.1, 0.15) is 33.9 Å². The predicted molar refractivity (Wildman–Crippen MR) is 118 cm³/mol. The van der Waals surface area contributed by atoms with Crippen LogP contribution in [0, 0.1) is 0 Å². The fourth-order valence-corrected chi connectivity index (χ4v) is 4.15. The van der Waals surface area contributed by atoms with Crippen LogP contribution in [-0.4, -0.2) is 41.9 Å². The van der Waals surface area contributed by atoms with Crippen LogP contribution in [0.4, 0.5) is 5.69 Å². The molecule has 0 saturated carbocycles. The molecular weight excluding hydrogens is 358 g/mol. The van der Waals surface area contributed by atoms with Gasteiger partial charge in [0, 0.05) is 31.9 Å². The van der Waals surface area contributed by atoms with E-state index in [9.17, 15) is 4.79 Å². The Labute approximate surface area is 172 Å². The zero-order chi connectivity index (χ0) is 20.1. The number of benzene rings is 3. The zero-order valence-corrected chi connectivity index (χ0v) is 16.6. The molecule has 0 bridgehead atoms. The van der Waals surface area contributed by atoms with Gasteiger partial charge in [0.05, 0.1) is 11.6 Å². The molecule has 1 heterocycles. The largest absolute Gasteiger partial charge is 0.398 e. The van der Waals surface area contributed by atoms with E-state index in [1.807, 2.05) is 23.1 Å². The average molecular weight is 386 g/mol. The number of nitrogens with two attached hydrogens (primary N) is 1. The normalized spacial score (nSPS) is 15.3. The summed E-state index contributed by atoms with van der Waals surface area (Å²) in [6.07, 6.45) is 0.939. The first-order chi connectivity index (χ1) is 14.2. The first-order valence-electron chi connectivity index (χ1n) is 10.2. The molecule has 3 aromatic rings. The molecule has 29 heavy (non-hydrogen) atoms. The van der Waals surface area contributed by atoms with Gasteiger partial charge in [-0.1, -0.05) is 72.8 Å². The van der Waals surface area contributed by atoms with E-state index in [2.05, 4.69) is 65.6 Å². The smallest absolute Gasteiger partial charge is 0.255 e. The Morgan fingerprint density at radius 3 is 1.93 bits per heavy atom. The third kappa shape index (κ3) is 4.33.